The molecule has 2 N–H and O–H groups in total. The molecular formula is C16H12ClFN2O3. The smallest absolute Gasteiger partial charge is 0.318 e. The number of hydrogen-bond donors (Lipinski definition) is 1. The number of nitrogen functional groups attached to an aromatic ring is 1. The van der Waals surface area contributed by atoms with Crippen LogP contribution in [0.1, 0.15) is 18.4 Å². The largest absolute Gasteiger partial charge is 0.423 e. The molecular weight excluding hydrogens is 323 g/mol. The monoisotopic (exact) mass is 334 g/mol. The molecule has 0 saturated carbocycles. The Balaban J connectivity index is 1.88. The fraction of sp³-hybridized carbons (Fsp3) is 0.125. The lowest BCUT2D eigenvalue weighted by atomic mass is 10.0. The molecule has 5 nitrogen and oxygen atoms in total. The van der Waals surface area contributed by atoms with E-state index < -0.39 is 17.7 Å². The van der Waals surface area contributed by atoms with Crippen LogP contribution in [0.4, 0.5) is 10.4 Å². The van der Waals surface area contributed by atoms with Crippen LogP contribution >= 0.6 is 11.6 Å². The Labute approximate surface area is 135 Å². The highest BCUT2D eigenvalue weighted by Crippen LogP contribution is 2.30. The van der Waals surface area contributed by atoms with E-state index in [1.165, 1.54) is 12.1 Å². The Hall–Kier alpha value is -2.60. The SMILES string of the molecule is CC(C(=O)Oc1ccc2nc(N)oc2c1F)c1ccccc1Cl. The second kappa shape index (κ2) is 5.89. The van der Waals surface area contributed by atoms with Gasteiger partial charge in [-0.15, -0.1) is 0 Å². The van der Waals surface area contributed by atoms with E-state index in [4.69, 9.17) is 26.5 Å². The molecule has 3 aromatic rings. The number of nitrogens with two attached hydrogens (primary N) is 1. The number of oxazole rings is 1. The molecule has 2 aromatic carbocycles. The summed E-state index contributed by atoms with van der Waals surface area (Å²) in [5.41, 5.74) is 6.08. The Kier molecular flexibility index (Phi) is 3.92. The predicted molar refractivity (Wildman–Crippen MR) is 83.9 cm³/mol. The maximum Gasteiger partial charge on any atom is 0.318 e. The molecule has 0 amide bonds. The lowest BCUT2D eigenvalue weighted by Crippen LogP contribution is -2.17. The quantitative estimate of drug-likeness (QED) is 0.580. The molecule has 1 atom stereocenters. The van der Waals surface area contributed by atoms with Crippen molar-refractivity contribution in [1.82, 2.24) is 4.98 Å². The normalized spacial score (nSPS) is 12.3. The van der Waals surface area contributed by atoms with Crippen molar-refractivity contribution in [3.05, 3.63) is 52.8 Å². The van der Waals surface area contributed by atoms with Gasteiger partial charge in [0.2, 0.25) is 5.82 Å². The van der Waals surface area contributed by atoms with Gasteiger partial charge >= 0.3 is 5.97 Å². The van der Waals surface area contributed by atoms with E-state index in [0.29, 0.717) is 10.6 Å². The zero-order valence-electron chi connectivity index (χ0n) is 12.0. The standard InChI is InChI=1S/C16H12ClFN2O3/c1-8(9-4-2-3-5-10(9)17)15(21)22-12-7-6-11-14(13(12)18)23-16(19)20-11/h2-8H,1H3,(H2,19,20). The third kappa shape index (κ3) is 2.85. The fourth-order valence-corrected chi connectivity index (χ4v) is 2.49. The highest BCUT2D eigenvalue weighted by molar-refractivity contribution is 6.31. The molecule has 0 aliphatic rings. The first-order chi connectivity index (χ1) is 11.0. The van der Waals surface area contributed by atoms with Crippen molar-refractivity contribution >= 4 is 34.7 Å². The number of halogens is 2. The summed E-state index contributed by atoms with van der Waals surface area (Å²) in [6.07, 6.45) is 0. The number of fused-ring (bicyclic) bond motifs is 1. The highest BCUT2D eigenvalue weighted by Gasteiger charge is 2.23. The predicted octanol–water partition coefficient (Wildman–Crippen LogP) is 3.91. The maximum atomic E-state index is 14.3. The molecule has 0 bridgehead atoms. The van der Waals surface area contributed by atoms with Crippen LogP contribution in [0.2, 0.25) is 5.02 Å². The number of hydrogen-bond acceptors (Lipinski definition) is 5. The lowest BCUT2D eigenvalue weighted by molar-refractivity contribution is -0.135. The van der Waals surface area contributed by atoms with Crippen LogP contribution < -0.4 is 10.5 Å². The van der Waals surface area contributed by atoms with Gasteiger partial charge in [0.25, 0.3) is 6.01 Å². The van der Waals surface area contributed by atoms with Crippen LogP contribution in [-0.4, -0.2) is 11.0 Å². The van der Waals surface area contributed by atoms with Gasteiger partial charge in [-0.2, -0.15) is 9.37 Å². The molecule has 1 heterocycles. The molecule has 1 unspecified atom stereocenters. The van der Waals surface area contributed by atoms with E-state index in [-0.39, 0.29) is 22.9 Å². The van der Waals surface area contributed by atoms with E-state index in [1.54, 1.807) is 31.2 Å². The van der Waals surface area contributed by atoms with Crippen molar-refractivity contribution in [1.29, 1.82) is 0 Å². The molecule has 1 aromatic heterocycles. The van der Waals surface area contributed by atoms with E-state index in [9.17, 15) is 9.18 Å². The first kappa shape index (κ1) is 15.3. The average molecular weight is 335 g/mol. The lowest BCUT2D eigenvalue weighted by Gasteiger charge is -2.13. The summed E-state index contributed by atoms with van der Waals surface area (Å²) >= 11 is 6.06. The van der Waals surface area contributed by atoms with E-state index in [2.05, 4.69) is 4.98 Å². The zero-order valence-corrected chi connectivity index (χ0v) is 12.8. The number of ether oxygens (including phenoxy) is 1. The summed E-state index contributed by atoms with van der Waals surface area (Å²) in [5, 5.41) is 0.441. The number of anilines is 1. The third-order valence-corrected chi connectivity index (χ3v) is 3.76. The van der Waals surface area contributed by atoms with Crippen molar-refractivity contribution in [2.75, 3.05) is 5.73 Å². The molecule has 0 radical (unpaired) electrons. The van der Waals surface area contributed by atoms with Gasteiger partial charge in [-0.1, -0.05) is 29.8 Å². The minimum atomic E-state index is -0.827. The summed E-state index contributed by atoms with van der Waals surface area (Å²) in [6, 6.07) is 9.50. The van der Waals surface area contributed by atoms with Crippen LogP contribution in [-0.2, 0) is 4.79 Å². The summed E-state index contributed by atoms with van der Waals surface area (Å²) in [5.74, 6) is -2.37. The van der Waals surface area contributed by atoms with Gasteiger partial charge in [-0.25, -0.2) is 0 Å². The topological polar surface area (TPSA) is 78.3 Å². The summed E-state index contributed by atoms with van der Waals surface area (Å²) < 4.78 is 24.4. The van der Waals surface area contributed by atoms with Crippen LogP contribution in [0.5, 0.6) is 5.75 Å². The van der Waals surface area contributed by atoms with Gasteiger partial charge in [-0.3, -0.25) is 4.79 Å². The number of aromatic nitrogens is 1. The number of carbonyl (C=O) groups is 1. The summed E-state index contributed by atoms with van der Waals surface area (Å²) in [6.45, 7) is 1.63. The highest BCUT2D eigenvalue weighted by atomic mass is 35.5. The van der Waals surface area contributed by atoms with Crippen LogP contribution in [0, 0.1) is 5.82 Å². The number of rotatable bonds is 3. The molecule has 0 spiro atoms. The van der Waals surface area contributed by atoms with Crippen LogP contribution in [0.15, 0.2) is 40.8 Å². The van der Waals surface area contributed by atoms with Gasteiger partial charge in [0, 0.05) is 5.02 Å². The molecule has 0 saturated heterocycles. The van der Waals surface area contributed by atoms with Crippen molar-refractivity contribution in [2.24, 2.45) is 0 Å². The van der Waals surface area contributed by atoms with Gasteiger partial charge < -0.3 is 14.9 Å². The van der Waals surface area contributed by atoms with Gasteiger partial charge in [0.05, 0.1) is 5.92 Å². The number of esters is 1. The van der Waals surface area contributed by atoms with Crippen molar-refractivity contribution in [2.45, 2.75) is 12.8 Å². The fourth-order valence-electron chi connectivity index (χ4n) is 2.19. The molecule has 118 valence electrons. The van der Waals surface area contributed by atoms with Gasteiger partial charge in [-0.05, 0) is 30.7 Å². The van der Waals surface area contributed by atoms with E-state index in [1.807, 2.05) is 0 Å². The Morgan fingerprint density at radius 1 is 1.35 bits per heavy atom. The average Bonchev–Trinajstić information content (AvgIpc) is 2.91. The minimum absolute atomic E-state index is 0.154. The second-order valence-corrected chi connectivity index (χ2v) is 5.35. The molecule has 7 heteroatoms. The number of carbonyl (C=O) groups excluding carboxylic acids is 1. The minimum Gasteiger partial charge on any atom is -0.423 e. The van der Waals surface area contributed by atoms with Crippen molar-refractivity contribution in [3.8, 4) is 5.75 Å². The summed E-state index contributed by atoms with van der Waals surface area (Å²) in [7, 11) is 0. The molecule has 0 aliphatic carbocycles. The Morgan fingerprint density at radius 2 is 2.09 bits per heavy atom. The number of nitrogens with zero attached hydrogens (tertiary/aromatic N) is 1. The van der Waals surface area contributed by atoms with E-state index in [0.717, 1.165) is 0 Å². The summed E-state index contributed by atoms with van der Waals surface area (Å²) in [4.78, 5) is 16.0. The second-order valence-electron chi connectivity index (χ2n) is 4.94. The van der Waals surface area contributed by atoms with Crippen molar-refractivity contribution < 1.29 is 18.3 Å². The van der Waals surface area contributed by atoms with Gasteiger partial charge in [0.1, 0.15) is 5.52 Å². The molecule has 0 aliphatic heterocycles. The van der Waals surface area contributed by atoms with Gasteiger partial charge in [0.15, 0.2) is 11.3 Å². The third-order valence-electron chi connectivity index (χ3n) is 3.41. The zero-order chi connectivity index (χ0) is 16.6. The molecule has 23 heavy (non-hydrogen) atoms. The molecule has 3 rings (SSSR count). The maximum absolute atomic E-state index is 14.3. The first-order valence-electron chi connectivity index (χ1n) is 6.78. The number of benzene rings is 2. The Bertz CT molecular complexity index is 894. The van der Waals surface area contributed by atoms with Crippen LogP contribution in [0.25, 0.3) is 11.1 Å². The van der Waals surface area contributed by atoms with E-state index >= 15 is 0 Å². The first-order valence-corrected chi connectivity index (χ1v) is 7.16. The van der Waals surface area contributed by atoms with Crippen molar-refractivity contribution in [3.63, 3.8) is 0 Å². The molecule has 0 fully saturated rings. The Morgan fingerprint density at radius 3 is 2.83 bits per heavy atom. The van der Waals surface area contributed by atoms with Crippen LogP contribution in [0.3, 0.4) is 0 Å².